The molecule has 2 aromatic carbocycles. The van der Waals surface area contributed by atoms with Crippen molar-refractivity contribution in [2.24, 2.45) is 0 Å². The van der Waals surface area contributed by atoms with Crippen LogP contribution in [0.1, 0.15) is 41.6 Å². The first-order valence-electron chi connectivity index (χ1n) is 7.35. The van der Waals surface area contributed by atoms with Gasteiger partial charge in [-0.05, 0) is 55.5 Å². The highest BCUT2D eigenvalue weighted by molar-refractivity contribution is 5.83. The maximum absolute atomic E-state index is 14.2. The molecule has 1 aliphatic carbocycles. The van der Waals surface area contributed by atoms with Crippen LogP contribution in [0.5, 0.6) is 5.75 Å². The summed E-state index contributed by atoms with van der Waals surface area (Å²) in [6, 6.07) is 6.93. The van der Waals surface area contributed by atoms with Crippen LogP contribution in [0.3, 0.4) is 0 Å². The minimum Gasteiger partial charge on any atom is -0.493 e. The van der Waals surface area contributed by atoms with Crippen LogP contribution < -0.4 is 4.74 Å². The van der Waals surface area contributed by atoms with Gasteiger partial charge in [-0.25, -0.2) is 8.78 Å². The molecule has 0 aromatic heterocycles. The Balaban J connectivity index is 2.24. The number of halogens is 2. The van der Waals surface area contributed by atoms with Crippen molar-refractivity contribution in [2.45, 2.75) is 25.7 Å². The molecule has 0 amide bonds. The zero-order valence-electron chi connectivity index (χ0n) is 12.2. The van der Waals surface area contributed by atoms with Crippen LogP contribution in [0.25, 0.3) is 11.1 Å². The van der Waals surface area contributed by atoms with Gasteiger partial charge >= 0.3 is 0 Å². The normalized spacial score (nSPS) is 14.0. The molecule has 1 saturated carbocycles. The van der Waals surface area contributed by atoms with Crippen LogP contribution >= 0.6 is 0 Å². The maximum atomic E-state index is 14.2. The highest BCUT2D eigenvalue weighted by Gasteiger charge is 2.29. The third-order valence-corrected chi connectivity index (χ3v) is 3.81. The number of hydrogen-bond donors (Lipinski definition) is 0. The molecule has 0 radical (unpaired) electrons. The van der Waals surface area contributed by atoms with E-state index in [0.717, 1.165) is 30.8 Å². The van der Waals surface area contributed by atoms with Gasteiger partial charge in [0.25, 0.3) is 0 Å². The summed E-state index contributed by atoms with van der Waals surface area (Å²) >= 11 is 0. The van der Waals surface area contributed by atoms with Crippen LogP contribution in [0.15, 0.2) is 30.3 Å². The van der Waals surface area contributed by atoms with Crippen LogP contribution in [-0.4, -0.2) is 12.9 Å². The van der Waals surface area contributed by atoms with E-state index < -0.39 is 11.6 Å². The van der Waals surface area contributed by atoms with Gasteiger partial charge in [-0.3, -0.25) is 4.79 Å². The summed E-state index contributed by atoms with van der Waals surface area (Å²) in [5.74, 6) is -0.462. The Hall–Kier alpha value is -2.23. The lowest BCUT2D eigenvalue weighted by Crippen LogP contribution is -2.01. The lowest BCUT2D eigenvalue weighted by Gasteiger charge is -2.17. The average molecular weight is 302 g/mol. The quantitative estimate of drug-likeness (QED) is 0.747. The Kier molecular flexibility index (Phi) is 3.92. The molecule has 0 aliphatic heterocycles. The first-order valence-corrected chi connectivity index (χ1v) is 7.35. The first kappa shape index (κ1) is 14.7. The summed E-state index contributed by atoms with van der Waals surface area (Å²) in [5, 5.41) is 0. The highest BCUT2D eigenvalue weighted by atomic mass is 19.1. The maximum Gasteiger partial charge on any atom is 0.150 e. The topological polar surface area (TPSA) is 26.3 Å². The van der Waals surface area contributed by atoms with Crippen molar-refractivity contribution in [3.63, 3.8) is 0 Å². The van der Waals surface area contributed by atoms with Crippen molar-refractivity contribution < 1.29 is 18.3 Å². The largest absolute Gasteiger partial charge is 0.493 e. The van der Waals surface area contributed by atoms with Crippen molar-refractivity contribution in [2.75, 3.05) is 6.61 Å². The molecule has 0 saturated heterocycles. The zero-order chi connectivity index (χ0) is 15.7. The van der Waals surface area contributed by atoms with E-state index in [9.17, 15) is 13.6 Å². The highest BCUT2D eigenvalue weighted by Crippen LogP contribution is 2.48. The molecular formula is C18H16F2O2. The van der Waals surface area contributed by atoms with E-state index in [-0.39, 0.29) is 0 Å². The molecule has 3 rings (SSSR count). The standard InChI is InChI=1S/C18H16F2O2/c1-2-22-17-8-11(10-21)7-15(12-3-4-12)18(17)14-6-5-13(19)9-16(14)20/h5-10,12H,2-4H2,1H3. The van der Waals surface area contributed by atoms with Crippen LogP contribution in [0.4, 0.5) is 8.78 Å². The second kappa shape index (κ2) is 5.87. The van der Waals surface area contributed by atoms with Crippen molar-refractivity contribution in [3.05, 3.63) is 53.1 Å². The number of aldehydes is 1. The molecule has 0 bridgehead atoms. The predicted molar refractivity (Wildman–Crippen MR) is 80.3 cm³/mol. The molecule has 2 aromatic rings. The minimum atomic E-state index is -0.623. The molecule has 0 heterocycles. The molecule has 0 spiro atoms. The first-order chi connectivity index (χ1) is 10.6. The van der Waals surface area contributed by atoms with Gasteiger partial charge in [0.15, 0.2) is 0 Å². The number of carbonyl (C=O) groups excluding carboxylic acids is 1. The Morgan fingerprint density at radius 2 is 2.00 bits per heavy atom. The second-order valence-electron chi connectivity index (χ2n) is 5.43. The van der Waals surface area contributed by atoms with Gasteiger partial charge in [0.05, 0.1) is 6.61 Å². The Morgan fingerprint density at radius 1 is 1.23 bits per heavy atom. The van der Waals surface area contributed by atoms with Crippen molar-refractivity contribution in [1.29, 1.82) is 0 Å². The molecule has 1 aliphatic rings. The molecule has 0 N–H and O–H groups in total. The third-order valence-electron chi connectivity index (χ3n) is 3.81. The molecule has 114 valence electrons. The number of carbonyl (C=O) groups is 1. The number of rotatable bonds is 5. The van der Waals surface area contributed by atoms with Gasteiger partial charge in [-0.1, -0.05) is 0 Å². The van der Waals surface area contributed by atoms with Crippen molar-refractivity contribution >= 4 is 6.29 Å². The van der Waals surface area contributed by atoms with E-state index in [1.165, 1.54) is 12.1 Å². The summed E-state index contributed by atoms with van der Waals surface area (Å²) in [6.07, 6.45) is 2.77. The fourth-order valence-corrected chi connectivity index (χ4v) is 2.69. The van der Waals surface area contributed by atoms with E-state index in [1.807, 2.05) is 6.92 Å². The number of ether oxygens (including phenoxy) is 1. The van der Waals surface area contributed by atoms with Crippen LogP contribution in [0.2, 0.25) is 0 Å². The molecule has 2 nitrogen and oxygen atoms in total. The molecule has 0 unspecified atom stereocenters. The SMILES string of the molecule is CCOc1cc(C=O)cc(C2CC2)c1-c1ccc(F)cc1F. The van der Waals surface area contributed by atoms with E-state index >= 15 is 0 Å². The minimum absolute atomic E-state index is 0.304. The lowest BCUT2D eigenvalue weighted by atomic mass is 9.93. The van der Waals surface area contributed by atoms with Crippen molar-refractivity contribution in [1.82, 2.24) is 0 Å². The molecule has 1 fully saturated rings. The lowest BCUT2D eigenvalue weighted by molar-refractivity contribution is 0.112. The zero-order valence-corrected chi connectivity index (χ0v) is 12.2. The van der Waals surface area contributed by atoms with E-state index in [4.69, 9.17) is 4.74 Å². The van der Waals surface area contributed by atoms with Gasteiger partial charge in [-0.15, -0.1) is 0 Å². The summed E-state index contributed by atoms with van der Waals surface area (Å²) in [7, 11) is 0. The van der Waals surface area contributed by atoms with E-state index in [0.29, 0.717) is 35.0 Å². The van der Waals surface area contributed by atoms with Gasteiger partial charge in [0.2, 0.25) is 0 Å². The Morgan fingerprint density at radius 3 is 2.59 bits per heavy atom. The fourth-order valence-electron chi connectivity index (χ4n) is 2.69. The van der Waals surface area contributed by atoms with Crippen LogP contribution in [0, 0.1) is 11.6 Å². The van der Waals surface area contributed by atoms with Crippen LogP contribution in [-0.2, 0) is 0 Å². The summed E-state index contributed by atoms with van der Waals surface area (Å²) in [5.41, 5.74) is 2.35. The van der Waals surface area contributed by atoms with E-state index in [1.54, 1.807) is 12.1 Å². The van der Waals surface area contributed by atoms with Gasteiger partial charge in [0, 0.05) is 22.8 Å². The molecule has 22 heavy (non-hydrogen) atoms. The fraction of sp³-hybridized carbons (Fsp3) is 0.278. The van der Waals surface area contributed by atoms with Gasteiger partial charge in [0.1, 0.15) is 23.7 Å². The molecular weight excluding hydrogens is 286 g/mol. The number of benzene rings is 2. The average Bonchev–Trinajstić information content (AvgIpc) is 3.32. The second-order valence-corrected chi connectivity index (χ2v) is 5.43. The third kappa shape index (κ3) is 2.73. The number of hydrogen-bond acceptors (Lipinski definition) is 2. The molecule has 0 atom stereocenters. The monoisotopic (exact) mass is 302 g/mol. The summed E-state index contributed by atoms with van der Waals surface area (Å²) < 4.78 is 33.0. The van der Waals surface area contributed by atoms with E-state index in [2.05, 4.69) is 0 Å². The summed E-state index contributed by atoms with van der Waals surface area (Å²) in [4.78, 5) is 11.1. The summed E-state index contributed by atoms with van der Waals surface area (Å²) in [6.45, 7) is 2.23. The van der Waals surface area contributed by atoms with Crippen molar-refractivity contribution in [3.8, 4) is 16.9 Å². The Labute approximate surface area is 127 Å². The van der Waals surface area contributed by atoms with Gasteiger partial charge in [-0.2, -0.15) is 0 Å². The van der Waals surface area contributed by atoms with Gasteiger partial charge < -0.3 is 4.74 Å². The predicted octanol–water partition coefficient (Wildman–Crippen LogP) is 4.72. The smallest absolute Gasteiger partial charge is 0.150 e. The Bertz CT molecular complexity index is 721. The molecule has 4 heteroatoms.